The van der Waals surface area contributed by atoms with Crippen molar-refractivity contribution in [3.8, 4) is 22.8 Å². The predicted octanol–water partition coefficient (Wildman–Crippen LogP) is 4.69. The summed E-state index contributed by atoms with van der Waals surface area (Å²) in [4.78, 5) is 16.4. The zero-order chi connectivity index (χ0) is 19.2. The van der Waals surface area contributed by atoms with Gasteiger partial charge in [0.25, 0.3) is 0 Å². The summed E-state index contributed by atoms with van der Waals surface area (Å²) in [7, 11) is 3.18. The first kappa shape index (κ1) is 19.0. The number of anilines is 1. The zero-order valence-corrected chi connectivity index (χ0v) is 16.6. The van der Waals surface area contributed by atoms with E-state index < -0.39 is 0 Å². The number of methoxy groups -OCH3 is 2. The van der Waals surface area contributed by atoms with Gasteiger partial charge in [-0.2, -0.15) is 0 Å². The van der Waals surface area contributed by atoms with Crippen LogP contribution in [0.3, 0.4) is 0 Å². The van der Waals surface area contributed by atoms with E-state index in [1.807, 2.05) is 36.4 Å². The molecule has 0 saturated carbocycles. The number of ether oxygens (including phenoxy) is 2. The van der Waals surface area contributed by atoms with Gasteiger partial charge < -0.3 is 19.2 Å². The summed E-state index contributed by atoms with van der Waals surface area (Å²) in [5.74, 6) is 2.30. The average Bonchev–Trinajstić information content (AvgIpc) is 3.16. The van der Waals surface area contributed by atoms with Gasteiger partial charge in [0.15, 0.2) is 11.7 Å². The van der Waals surface area contributed by atoms with Crippen molar-refractivity contribution in [2.24, 2.45) is 0 Å². The van der Waals surface area contributed by atoms with Crippen LogP contribution in [0.2, 0.25) is 0 Å². The molecule has 7 heteroatoms. The van der Waals surface area contributed by atoms with Gasteiger partial charge in [-0.1, -0.05) is 15.9 Å². The minimum atomic E-state index is -0.0981. The fourth-order valence-corrected chi connectivity index (χ4v) is 2.79. The van der Waals surface area contributed by atoms with Crippen LogP contribution >= 0.6 is 15.9 Å². The predicted molar refractivity (Wildman–Crippen MR) is 106 cm³/mol. The Kier molecular flexibility index (Phi) is 6.13. The molecule has 3 rings (SSSR count). The molecule has 1 heterocycles. The van der Waals surface area contributed by atoms with Crippen LogP contribution in [0.1, 0.15) is 12.3 Å². The highest BCUT2D eigenvalue weighted by Gasteiger charge is 2.13. The smallest absolute Gasteiger partial charge is 0.224 e. The Balaban J connectivity index is 1.62. The van der Waals surface area contributed by atoms with Gasteiger partial charge in [-0.05, 0) is 36.4 Å². The highest BCUT2D eigenvalue weighted by atomic mass is 79.9. The van der Waals surface area contributed by atoms with E-state index in [-0.39, 0.29) is 12.3 Å². The molecule has 1 amide bonds. The number of carbonyl (C=O) groups excluding carboxylic acids is 1. The molecule has 0 spiro atoms. The highest BCUT2D eigenvalue weighted by Crippen LogP contribution is 2.33. The molecule has 3 aromatic rings. The molecule has 0 aliphatic rings. The van der Waals surface area contributed by atoms with E-state index >= 15 is 0 Å². The van der Waals surface area contributed by atoms with Crippen LogP contribution in [-0.4, -0.2) is 25.1 Å². The molecule has 0 radical (unpaired) electrons. The van der Waals surface area contributed by atoms with Crippen LogP contribution < -0.4 is 14.8 Å². The van der Waals surface area contributed by atoms with Crippen LogP contribution in [0.25, 0.3) is 11.3 Å². The lowest BCUT2D eigenvalue weighted by molar-refractivity contribution is -0.116. The molecule has 0 aliphatic heterocycles. The van der Waals surface area contributed by atoms with Gasteiger partial charge in [0.05, 0.1) is 26.0 Å². The van der Waals surface area contributed by atoms with Crippen molar-refractivity contribution in [1.29, 1.82) is 0 Å². The van der Waals surface area contributed by atoms with Gasteiger partial charge in [-0.25, -0.2) is 4.98 Å². The molecule has 6 nitrogen and oxygen atoms in total. The number of nitrogens with zero attached hydrogens (tertiary/aromatic N) is 1. The summed E-state index contributed by atoms with van der Waals surface area (Å²) >= 11 is 3.36. The van der Waals surface area contributed by atoms with Crippen LogP contribution in [0.15, 0.2) is 57.6 Å². The lowest BCUT2D eigenvalue weighted by Crippen LogP contribution is -2.12. The van der Waals surface area contributed by atoms with Crippen LogP contribution in [0, 0.1) is 0 Å². The molecular weight excluding hydrogens is 412 g/mol. The van der Waals surface area contributed by atoms with Crippen LogP contribution in [-0.2, 0) is 11.2 Å². The number of carbonyl (C=O) groups is 1. The van der Waals surface area contributed by atoms with Crippen molar-refractivity contribution < 1.29 is 18.7 Å². The summed E-state index contributed by atoms with van der Waals surface area (Å²) in [6, 6.07) is 12.9. The Hall–Kier alpha value is -2.80. The van der Waals surface area contributed by atoms with E-state index in [0.29, 0.717) is 29.6 Å². The Labute approximate surface area is 165 Å². The molecule has 2 aromatic carbocycles. The highest BCUT2D eigenvalue weighted by molar-refractivity contribution is 9.10. The number of nitrogens with one attached hydrogen (secondary N) is 1. The third-order valence-electron chi connectivity index (χ3n) is 3.92. The number of amides is 1. The van der Waals surface area contributed by atoms with Crippen molar-refractivity contribution in [1.82, 2.24) is 4.98 Å². The Morgan fingerprint density at radius 1 is 1.15 bits per heavy atom. The van der Waals surface area contributed by atoms with Crippen LogP contribution in [0.5, 0.6) is 11.5 Å². The third kappa shape index (κ3) is 4.89. The molecular formula is C20H19BrN2O4. The molecule has 0 fully saturated rings. The Morgan fingerprint density at radius 3 is 2.63 bits per heavy atom. The Bertz CT molecular complexity index is 922. The SMILES string of the molecule is COc1ccc(-c2cnc(CCC(=O)Nc3ccc(Br)cc3)o2)c(OC)c1. The summed E-state index contributed by atoms with van der Waals surface area (Å²) in [5, 5.41) is 2.85. The first-order chi connectivity index (χ1) is 13.1. The number of benzene rings is 2. The zero-order valence-electron chi connectivity index (χ0n) is 15.0. The molecule has 1 N–H and O–H groups in total. The van der Waals surface area contributed by atoms with E-state index in [1.165, 1.54) is 0 Å². The number of hydrogen-bond donors (Lipinski definition) is 1. The molecule has 0 atom stereocenters. The lowest BCUT2D eigenvalue weighted by Gasteiger charge is -2.08. The number of halogens is 1. The quantitative estimate of drug-likeness (QED) is 0.588. The van der Waals surface area contributed by atoms with Crippen molar-refractivity contribution in [2.75, 3.05) is 19.5 Å². The van der Waals surface area contributed by atoms with E-state index in [1.54, 1.807) is 26.5 Å². The third-order valence-corrected chi connectivity index (χ3v) is 4.45. The lowest BCUT2D eigenvalue weighted by atomic mass is 10.1. The molecule has 1 aromatic heterocycles. The maximum absolute atomic E-state index is 12.1. The van der Waals surface area contributed by atoms with Gasteiger partial charge in [-0.15, -0.1) is 0 Å². The van der Waals surface area contributed by atoms with Crippen molar-refractivity contribution in [3.63, 3.8) is 0 Å². The second-order valence-electron chi connectivity index (χ2n) is 5.74. The maximum Gasteiger partial charge on any atom is 0.224 e. The van der Waals surface area contributed by atoms with E-state index in [9.17, 15) is 4.79 Å². The summed E-state index contributed by atoms with van der Waals surface area (Å²) in [5.41, 5.74) is 1.52. The maximum atomic E-state index is 12.1. The van der Waals surface area contributed by atoms with Gasteiger partial charge in [0, 0.05) is 29.1 Å². The average molecular weight is 431 g/mol. The van der Waals surface area contributed by atoms with Gasteiger partial charge in [0.1, 0.15) is 11.5 Å². The summed E-state index contributed by atoms with van der Waals surface area (Å²) in [6.07, 6.45) is 2.31. The molecule has 0 saturated heterocycles. The minimum Gasteiger partial charge on any atom is -0.497 e. The first-order valence-corrected chi connectivity index (χ1v) is 9.11. The molecule has 27 heavy (non-hydrogen) atoms. The molecule has 0 bridgehead atoms. The van der Waals surface area contributed by atoms with Gasteiger partial charge in [-0.3, -0.25) is 4.79 Å². The second kappa shape index (κ2) is 8.73. The van der Waals surface area contributed by atoms with E-state index in [2.05, 4.69) is 26.2 Å². The monoisotopic (exact) mass is 430 g/mol. The fraction of sp³-hybridized carbons (Fsp3) is 0.200. The molecule has 0 aliphatic carbocycles. The fourth-order valence-electron chi connectivity index (χ4n) is 2.53. The minimum absolute atomic E-state index is 0.0981. The normalized spacial score (nSPS) is 10.5. The summed E-state index contributed by atoms with van der Waals surface area (Å²) < 4.78 is 17.3. The standard InChI is InChI=1S/C20H19BrN2O4/c1-25-15-7-8-16(17(11-15)26-2)18-12-22-20(27-18)10-9-19(24)23-14-5-3-13(21)4-6-14/h3-8,11-12H,9-10H2,1-2H3,(H,23,24). The number of hydrogen-bond acceptors (Lipinski definition) is 5. The van der Waals surface area contributed by atoms with E-state index in [0.717, 1.165) is 15.7 Å². The van der Waals surface area contributed by atoms with Gasteiger partial charge >= 0.3 is 0 Å². The first-order valence-electron chi connectivity index (χ1n) is 8.31. The number of rotatable bonds is 7. The van der Waals surface area contributed by atoms with Crippen molar-refractivity contribution in [3.05, 3.63) is 59.0 Å². The molecule has 0 unspecified atom stereocenters. The number of aryl methyl sites for hydroxylation is 1. The van der Waals surface area contributed by atoms with Gasteiger partial charge in [0.2, 0.25) is 5.91 Å². The number of aromatic nitrogens is 1. The second-order valence-corrected chi connectivity index (χ2v) is 6.66. The van der Waals surface area contributed by atoms with E-state index in [4.69, 9.17) is 13.9 Å². The topological polar surface area (TPSA) is 73.6 Å². The summed E-state index contributed by atoms with van der Waals surface area (Å²) in [6.45, 7) is 0. The largest absolute Gasteiger partial charge is 0.497 e. The molecule has 140 valence electrons. The van der Waals surface area contributed by atoms with Crippen molar-refractivity contribution >= 4 is 27.5 Å². The van der Waals surface area contributed by atoms with Crippen LogP contribution in [0.4, 0.5) is 5.69 Å². The Morgan fingerprint density at radius 2 is 1.93 bits per heavy atom. The number of oxazole rings is 1. The van der Waals surface area contributed by atoms with Crippen molar-refractivity contribution in [2.45, 2.75) is 12.8 Å².